The zero-order chi connectivity index (χ0) is 15.3. The van der Waals surface area contributed by atoms with Gasteiger partial charge in [0.05, 0.1) is 0 Å². The first kappa shape index (κ1) is 19.7. The summed E-state index contributed by atoms with van der Waals surface area (Å²) in [5.74, 6) is 0.227. The number of rotatable bonds is 5. The SMILES string of the molecule is CC(C)N1CCC(NC(=O)CC2(CN)CCCCC2)CC1.Cl. The lowest BCUT2D eigenvalue weighted by Gasteiger charge is -2.37. The first-order chi connectivity index (χ1) is 10.0. The fourth-order valence-corrected chi connectivity index (χ4v) is 3.93. The number of hydrogen-bond donors (Lipinski definition) is 2. The predicted molar refractivity (Wildman–Crippen MR) is 94.3 cm³/mol. The highest BCUT2D eigenvalue weighted by molar-refractivity contribution is 5.85. The van der Waals surface area contributed by atoms with Crippen LogP contribution in [0.4, 0.5) is 0 Å². The normalized spacial score (nSPS) is 23.1. The smallest absolute Gasteiger partial charge is 0.220 e. The Morgan fingerprint density at radius 1 is 1.23 bits per heavy atom. The van der Waals surface area contributed by atoms with E-state index >= 15 is 0 Å². The Balaban J connectivity index is 0.00000242. The molecule has 1 aliphatic heterocycles. The van der Waals surface area contributed by atoms with Crippen molar-refractivity contribution in [3.63, 3.8) is 0 Å². The van der Waals surface area contributed by atoms with Crippen molar-refractivity contribution in [1.29, 1.82) is 0 Å². The molecule has 0 aromatic rings. The Kier molecular flexibility index (Phi) is 8.15. The van der Waals surface area contributed by atoms with Crippen molar-refractivity contribution < 1.29 is 4.79 Å². The van der Waals surface area contributed by atoms with Crippen LogP contribution in [0.15, 0.2) is 0 Å². The summed E-state index contributed by atoms with van der Waals surface area (Å²) in [5, 5.41) is 3.26. The lowest BCUT2D eigenvalue weighted by molar-refractivity contribution is -0.124. The average Bonchev–Trinajstić information content (AvgIpc) is 2.48. The molecule has 22 heavy (non-hydrogen) atoms. The summed E-state index contributed by atoms with van der Waals surface area (Å²) in [4.78, 5) is 14.9. The van der Waals surface area contributed by atoms with E-state index in [1.165, 1.54) is 19.3 Å². The third kappa shape index (κ3) is 5.39. The molecule has 1 saturated carbocycles. The summed E-state index contributed by atoms with van der Waals surface area (Å²) >= 11 is 0. The standard InChI is InChI=1S/C17H33N3O.ClH/c1-14(2)20-10-6-15(7-11-20)19-16(21)12-17(13-18)8-4-3-5-9-17;/h14-15H,3-13,18H2,1-2H3,(H,19,21);1H. The summed E-state index contributed by atoms with van der Waals surface area (Å²) in [6, 6.07) is 0.982. The van der Waals surface area contributed by atoms with Crippen molar-refractivity contribution in [2.75, 3.05) is 19.6 Å². The molecule has 0 bridgehead atoms. The summed E-state index contributed by atoms with van der Waals surface area (Å²) in [7, 11) is 0. The fraction of sp³-hybridized carbons (Fsp3) is 0.941. The van der Waals surface area contributed by atoms with Crippen molar-refractivity contribution >= 4 is 18.3 Å². The number of hydrogen-bond acceptors (Lipinski definition) is 3. The van der Waals surface area contributed by atoms with E-state index in [-0.39, 0.29) is 23.7 Å². The van der Waals surface area contributed by atoms with E-state index in [1.54, 1.807) is 0 Å². The molecule has 0 spiro atoms. The number of amides is 1. The molecule has 2 rings (SSSR count). The number of nitrogens with one attached hydrogen (secondary N) is 1. The lowest BCUT2D eigenvalue weighted by Crippen LogP contribution is -2.48. The zero-order valence-electron chi connectivity index (χ0n) is 14.3. The minimum absolute atomic E-state index is 0. The highest BCUT2D eigenvalue weighted by Crippen LogP contribution is 2.38. The molecular formula is C17H34ClN3O. The van der Waals surface area contributed by atoms with E-state index in [4.69, 9.17) is 5.73 Å². The minimum atomic E-state index is 0. The van der Waals surface area contributed by atoms with E-state index in [0.717, 1.165) is 38.8 Å². The molecule has 0 aromatic heterocycles. The van der Waals surface area contributed by atoms with E-state index in [0.29, 0.717) is 25.0 Å². The van der Waals surface area contributed by atoms with Crippen molar-refractivity contribution in [2.24, 2.45) is 11.1 Å². The van der Waals surface area contributed by atoms with Crippen molar-refractivity contribution in [2.45, 2.75) is 77.3 Å². The molecule has 0 atom stereocenters. The molecule has 4 nitrogen and oxygen atoms in total. The van der Waals surface area contributed by atoms with Gasteiger partial charge in [0.15, 0.2) is 0 Å². The Bertz CT molecular complexity index is 335. The van der Waals surface area contributed by atoms with Crippen LogP contribution in [0.3, 0.4) is 0 Å². The minimum Gasteiger partial charge on any atom is -0.353 e. The zero-order valence-corrected chi connectivity index (χ0v) is 15.1. The van der Waals surface area contributed by atoms with Crippen molar-refractivity contribution in [1.82, 2.24) is 10.2 Å². The number of carbonyl (C=O) groups is 1. The molecule has 2 aliphatic rings. The molecule has 0 unspecified atom stereocenters. The van der Waals surface area contributed by atoms with Crippen LogP contribution < -0.4 is 11.1 Å². The second kappa shape index (κ2) is 9.09. The summed E-state index contributed by atoms with van der Waals surface area (Å²) < 4.78 is 0. The second-order valence-electron chi connectivity index (χ2n) is 7.41. The number of likely N-dealkylation sites (tertiary alicyclic amines) is 1. The first-order valence-electron chi connectivity index (χ1n) is 8.78. The van der Waals surface area contributed by atoms with Crippen LogP contribution in [0.1, 0.15) is 65.2 Å². The van der Waals surface area contributed by atoms with Crippen LogP contribution in [0.5, 0.6) is 0 Å². The lowest BCUT2D eigenvalue weighted by atomic mass is 9.71. The predicted octanol–water partition coefficient (Wildman–Crippen LogP) is 2.70. The first-order valence-corrected chi connectivity index (χ1v) is 8.78. The van der Waals surface area contributed by atoms with E-state index < -0.39 is 0 Å². The van der Waals surface area contributed by atoms with Gasteiger partial charge in [0.1, 0.15) is 0 Å². The van der Waals surface area contributed by atoms with Gasteiger partial charge < -0.3 is 16.0 Å². The molecule has 2 fully saturated rings. The number of carbonyl (C=O) groups excluding carboxylic acids is 1. The Morgan fingerprint density at radius 2 is 1.82 bits per heavy atom. The number of halogens is 1. The molecule has 0 aromatic carbocycles. The van der Waals surface area contributed by atoms with Gasteiger partial charge >= 0.3 is 0 Å². The second-order valence-corrected chi connectivity index (χ2v) is 7.41. The molecule has 1 saturated heterocycles. The summed E-state index contributed by atoms with van der Waals surface area (Å²) in [6.07, 6.45) is 8.82. The molecule has 1 aliphatic carbocycles. The summed E-state index contributed by atoms with van der Waals surface area (Å²) in [6.45, 7) is 7.35. The Labute approximate surface area is 142 Å². The quantitative estimate of drug-likeness (QED) is 0.814. The van der Waals surface area contributed by atoms with Crippen LogP contribution in [-0.2, 0) is 4.79 Å². The van der Waals surface area contributed by atoms with Gasteiger partial charge in [0.25, 0.3) is 0 Å². The van der Waals surface area contributed by atoms with Crippen molar-refractivity contribution in [3.05, 3.63) is 0 Å². The van der Waals surface area contributed by atoms with Crippen LogP contribution in [0.25, 0.3) is 0 Å². The Morgan fingerprint density at radius 3 is 2.32 bits per heavy atom. The highest BCUT2D eigenvalue weighted by atomic mass is 35.5. The average molecular weight is 332 g/mol. The van der Waals surface area contributed by atoms with Crippen molar-refractivity contribution in [3.8, 4) is 0 Å². The third-order valence-corrected chi connectivity index (χ3v) is 5.51. The van der Waals surface area contributed by atoms with Gasteiger partial charge in [-0.05, 0) is 51.5 Å². The topological polar surface area (TPSA) is 58.4 Å². The van der Waals surface area contributed by atoms with Gasteiger partial charge in [-0.2, -0.15) is 0 Å². The Hall–Kier alpha value is -0.320. The van der Waals surface area contributed by atoms with E-state index in [2.05, 4.69) is 24.1 Å². The van der Waals surface area contributed by atoms with Crippen LogP contribution in [0, 0.1) is 5.41 Å². The maximum absolute atomic E-state index is 12.4. The van der Waals surface area contributed by atoms with Gasteiger partial charge in [-0.25, -0.2) is 0 Å². The molecular weight excluding hydrogens is 298 g/mol. The van der Waals surface area contributed by atoms with Gasteiger partial charge in [0, 0.05) is 31.6 Å². The van der Waals surface area contributed by atoms with Crippen LogP contribution in [-0.4, -0.2) is 42.5 Å². The van der Waals surface area contributed by atoms with Crippen LogP contribution >= 0.6 is 12.4 Å². The number of nitrogens with two attached hydrogens (primary N) is 1. The largest absolute Gasteiger partial charge is 0.353 e. The molecule has 0 radical (unpaired) electrons. The fourth-order valence-electron chi connectivity index (χ4n) is 3.93. The van der Waals surface area contributed by atoms with Gasteiger partial charge in [-0.3, -0.25) is 4.79 Å². The summed E-state index contributed by atoms with van der Waals surface area (Å²) in [5.41, 5.74) is 6.07. The monoisotopic (exact) mass is 331 g/mol. The third-order valence-electron chi connectivity index (χ3n) is 5.51. The van der Waals surface area contributed by atoms with Gasteiger partial charge in [-0.1, -0.05) is 19.3 Å². The van der Waals surface area contributed by atoms with Crippen LogP contribution in [0.2, 0.25) is 0 Å². The maximum Gasteiger partial charge on any atom is 0.220 e. The number of nitrogens with zero attached hydrogens (tertiary/aromatic N) is 1. The molecule has 1 amide bonds. The van der Waals surface area contributed by atoms with E-state index in [9.17, 15) is 4.79 Å². The van der Waals surface area contributed by atoms with Gasteiger partial charge in [-0.15, -0.1) is 12.4 Å². The molecule has 1 heterocycles. The van der Waals surface area contributed by atoms with Gasteiger partial charge in [0.2, 0.25) is 5.91 Å². The molecule has 3 N–H and O–H groups in total. The molecule has 5 heteroatoms. The molecule has 130 valence electrons. The highest BCUT2D eigenvalue weighted by Gasteiger charge is 2.33. The maximum atomic E-state index is 12.4. The number of piperidine rings is 1. The van der Waals surface area contributed by atoms with E-state index in [1.807, 2.05) is 0 Å².